The highest BCUT2D eigenvalue weighted by molar-refractivity contribution is 5.82. The number of piperazine rings is 1. The topological polar surface area (TPSA) is 52.7 Å². The van der Waals surface area contributed by atoms with Crippen molar-refractivity contribution in [3.05, 3.63) is 35.4 Å². The van der Waals surface area contributed by atoms with Crippen molar-refractivity contribution in [2.24, 2.45) is 0 Å². The van der Waals surface area contributed by atoms with Gasteiger partial charge in [0, 0.05) is 25.7 Å². The van der Waals surface area contributed by atoms with Gasteiger partial charge in [-0.25, -0.2) is 0 Å². The van der Waals surface area contributed by atoms with Crippen LogP contribution in [0.25, 0.3) is 0 Å². The van der Waals surface area contributed by atoms with Gasteiger partial charge in [-0.2, -0.15) is 0 Å². The fourth-order valence-corrected chi connectivity index (χ4v) is 2.81. The fraction of sp³-hybridized carbons (Fsp3) is 0.529. The first-order valence-corrected chi connectivity index (χ1v) is 7.96. The number of rotatable bonds is 5. The van der Waals surface area contributed by atoms with Gasteiger partial charge in [0.05, 0.1) is 13.1 Å². The van der Waals surface area contributed by atoms with Gasteiger partial charge in [-0.05, 0) is 25.3 Å². The van der Waals surface area contributed by atoms with E-state index in [1.54, 1.807) is 0 Å². The molecule has 2 amide bonds. The van der Waals surface area contributed by atoms with Crippen molar-refractivity contribution in [3.63, 3.8) is 0 Å². The molecule has 1 aliphatic heterocycles. The van der Waals surface area contributed by atoms with Gasteiger partial charge in [0.15, 0.2) is 0 Å². The van der Waals surface area contributed by atoms with Gasteiger partial charge < -0.3 is 10.2 Å². The molecular weight excluding hydrogens is 278 g/mol. The van der Waals surface area contributed by atoms with E-state index >= 15 is 0 Å². The van der Waals surface area contributed by atoms with Crippen molar-refractivity contribution in [1.29, 1.82) is 0 Å². The van der Waals surface area contributed by atoms with Gasteiger partial charge in [-0.15, -0.1) is 0 Å². The Kier molecular flexibility index (Phi) is 4.43. The smallest absolute Gasteiger partial charge is 0.237 e. The van der Waals surface area contributed by atoms with Crippen molar-refractivity contribution < 1.29 is 9.59 Å². The predicted molar refractivity (Wildman–Crippen MR) is 84.2 cm³/mol. The highest BCUT2D eigenvalue weighted by Gasteiger charge is 2.33. The van der Waals surface area contributed by atoms with E-state index in [-0.39, 0.29) is 11.8 Å². The summed E-state index contributed by atoms with van der Waals surface area (Å²) in [5.41, 5.74) is 2.40. The van der Waals surface area contributed by atoms with Gasteiger partial charge in [0.2, 0.25) is 11.8 Å². The largest absolute Gasteiger partial charge is 0.354 e. The molecule has 5 nitrogen and oxygen atoms in total. The van der Waals surface area contributed by atoms with Crippen molar-refractivity contribution in [3.8, 4) is 0 Å². The minimum atomic E-state index is 0.00977. The molecule has 118 valence electrons. The van der Waals surface area contributed by atoms with Crippen LogP contribution < -0.4 is 5.32 Å². The normalized spacial score (nSPS) is 18.9. The predicted octanol–water partition coefficient (Wildman–Crippen LogP) is 0.918. The van der Waals surface area contributed by atoms with Crippen LogP contribution in [0.4, 0.5) is 0 Å². The highest BCUT2D eigenvalue weighted by Crippen LogP contribution is 2.28. The van der Waals surface area contributed by atoms with Crippen LogP contribution in [0.3, 0.4) is 0 Å². The number of benzene rings is 1. The Bertz CT molecular complexity index is 552. The van der Waals surface area contributed by atoms with Crippen LogP contribution in [-0.2, 0) is 16.1 Å². The second kappa shape index (κ2) is 6.48. The molecule has 0 aromatic heterocycles. The molecule has 2 fully saturated rings. The number of nitrogens with zero attached hydrogens (tertiary/aromatic N) is 2. The summed E-state index contributed by atoms with van der Waals surface area (Å²) in [7, 11) is 0. The Morgan fingerprint density at radius 2 is 2.05 bits per heavy atom. The third kappa shape index (κ3) is 3.85. The molecule has 1 saturated heterocycles. The second-order valence-corrected chi connectivity index (χ2v) is 6.30. The Morgan fingerprint density at radius 3 is 2.68 bits per heavy atom. The molecule has 1 aromatic rings. The summed E-state index contributed by atoms with van der Waals surface area (Å²) >= 11 is 0. The minimum Gasteiger partial charge on any atom is -0.354 e. The summed E-state index contributed by atoms with van der Waals surface area (Å²) in [4.78, 5) is 28.0. The first-order valence-electron chi connectivity index (χ1n) is 7.96. The molecule has 1 heterocycles. The fourth-order valence-electron chi connectivity index (χ4n) is 2.81. The SMILES string of the molecule is Cc1ccc(CN(C(=O)CN2CCNC(=O)C2)C2CC2)cc1. The summed E-state index contributed by atoms with van der Waals surface area (Å²) in [6.45, 7) is 4.79. The molecular formula is C17H23N3O2. The molecule has 0 spiro atoms. The Balaban J connectivity index is 1.61. The molecule has 5 heteroatoms. The first-order chi connectivity index (χ1) is 10.6. The van der Waals surface area contributed by atoms with E-state index in [1.165, 1.54) is 11.1 Å². The molecule has 1 N–H and O–H groups in total. The van der Waals surface area contributed by atoms with E-state index in [0.29, 0.717) is 32.2 Å². The van der Waals surface area contributed by atoms with Crippen LogP contribution in [0.1, 0.15) is 24.0 Å². The molecule has 1 aromatic carbocycles. The van der Waals surface area contributed by atoms with E-state index in [4.69, 9.17) is 0 Å². The average molecular weight is 301 g/mol. The van der Waals surface area contributed by atoms with Crippen LogP contribution >= 0.6 is 0 Å². The van der Waals surface area contributed by atoms with Crippen molar-refractivity contribution in [1.82, 2.24) is 15.1 Å². The van der Waals surface area contributed by atoms with Crippen LogP contribution in [0.2, 0.25) is 0 Å². The average Bonchev–Trinajstić information content (AvgIpc) is 3.31. The summed E-state index contributed by atoms with van der Waals surface area (Å²) in [6, 6.07) is 8.73. The number of nitrogens with one attached hydrogen (secondary N) is 1. The molecule has 0 radical (unpaired) electrons. The molecule has 22 heavy (non-hydrogen) atoms. The number of carbonyl (C=O) groups excluding carboxylic acids is 2. The van der Waals surface area contributed by atoms with E-state index in [2.05, 4.69) is 36.5 Å². The summed E-state index contributed by atoms with van der Waals surface area (Å²) < 4.78 is 0. The van der Waals surface area contributed by atoms with Crippen molar-refractivity contribution in [2.75, 3.05) is 26.2 Å². The monoisotopic (exact) mass is 301 g/mol. The zero-order valence-electron chi connectivity index (χ0n) is 13.0. The third-order valence-corrected chi connectivity index (χ3v) is 4.26. The molecule has 0 unspecified atom stereocenters. The number of amides is 2. The summed E-state index contributed by atoms with van der Waals surface area (Å²) in [5.74, 6) is 0.147. The third-order valence-electron chi connectivity index (χ3n) is 4.26. The maximum Gasteiger partial charge on any atom is 0.237 e. The molecule has 3 rings (SSSR count). The van der Waals surface area contributed by atoms with Gasteiger partial charge in [0.1, 0.15) is 0 Å². The molecule has 1 aliphatic carbocycles. The van der Waals surface area contributed by atoms with Gasteiger partial charge in [0.25, 0.3) is 0 Å². The van der Waals surface area contributed by atoms with E-state index in [0.717, 1.165) is 19.4 Å². The molecule has 2 aliphatic rings. The Morgan fingerprint density at radius 1 is 1.32 bits per heavy atom. The number of hydrogen-bond donors (Lipinski definition) is 1. The van der Waals surface area contributed by atoms with E-state index in [9.17, 15) is 9.59 Å². The first kappa shape index (κ1) is 15.0. The zero-order chi connectivity index (χ0) is 15.5. The lowest BCUT2D eigenvalue weighted by atomic mass is 10.1. The lowest BCUT2D eigenvalue weighted by Gasteiger charge is -2.29. The van der Waals surface area contributed by atoms with E-state index in [1.807, 2.05) is 9.80 Å². The molecule has 0 bridgehead atoms. The van der Waals surface area contributed by atoms with Crippen LogP contribution in [0, 0.1) is 6.92 Å². The molecule has 1 saturated carbocycles. The Labute approximate surface area is 131 Å². The van der Waals surface area contributed by atoms with Crippen molar-refractivity contribution in [2.45, 2.75) is 32.4 Å². The van der Waals surface area contributed by atoms with Crippen LogP contribution in [0.5, 0.6) is 0 Å². The summed E-state index contributed by atoms with van der Waals surface area (Å²) in [6.07, 6.45) is 2.19. The number of carbonyl (C=O) groups is 2. The zero-order valence-corrected chi connectivity index (χ0v) is 13.0. The standard InChI is InChI=1S/C17H23N3O2/c1-13-2-4-14(5-3-13)10-20(15-6-7-15)17(22)12-19-9-8-18-16(21)11-19/h2-5,15H,6-12H2,1H3,(H,18,21). The van der Waals surface area contributed by atoms with Crippen LogP contribution in [-0.4, -0.2) is 53.8 Å². The quantitative estimate of drug-likeness (QED) is 0.880. The summed E-state index contributed by atoms with van der Waals surface area (Å²) in [5, 5.41) is 2.79. The van der Waals surface area contributed by atoms with Gasteiger partial charge in [-0.1, -0.05) is 29.8 Å². The lowest BCUT2D eigenvalue weighted by molar-refractivity contribution is -0.135. The lowest BCUT2D eigenvalue weighted by Crippen LogP contribution is -2.51. The second-order valence-electron chi connectivity index (χ2n) is 6.30. The van der Waals surface area contributed by atoms with Gasteiger partial charge in [-0.3, -0.25) is 14.5 Å². The highest BCUT2D eigenvalue weighted by atomic mass is 16.2. The van der Waals surface area contributed by atoms with Crippen molar-refractivity contribution >= 4 is 11.8 Å². The van der Waals surface area contributed by atoms with Crippen LogP contribution in [0.15, 0.2) is 24.3 Å². The van der Waals surface area contributed by atoms with E-state index < -0.39 is 0 Å². The number of aryl methyl sites for hydroxylation is 1. The number of hydrogen-bond acceptors (Lipinski definition) is 3. The Hall–Kier alpha value is -1.88. The van der Waals surface area contributed by atoms with Gasteiger partial charge >= 0.3 is 0 Å². The molecule has 0 atom stereocenters. The maximum absolute atomic E-state index is 12.6. The minimum absolute atomic E-state index is 0.00977. The maximum atomic E-state index is 12.6.